The monoisotopic (exact) mass is 326 g/mol. The standard InChI is InChI=1S/C19H22N2O3/c1-3-23-17-9-7-15(12-18(17)24-4-2)8-10-19(22)21-14-16-6-5-11-20-13-16/h5-13H,3-4,14H2,1-2H3,(H,21,22)/b10-8+. The van der Waals surface area contributed by atoms with Crippen LogP contribution in [0.3, 0.4) is 0 Å². The van der Waals surface area contributed by atoms with E-state index in [2.05, 4.69) is 10.3 Å². The van der Waals surface area contributed by atoms with Gasteiger partial charge in [-0.3, -0.25) is 9.78 Å². The van der Waals surface area contributed by atoms with Gasteiger partial charge in [-0.25, -0.2) is 0 Å². The Balaban J connectivity index is 1.97. The maximum Gasteiger partial charge on any atom is 0.244 e. The molecule has 0 fully saturated rings. The fraction of sp³-hybridized carbons (Fsp3) is 0.263. The highest BCUT2D eigenvalue weighted by Crippen LogP contribution is 2.28. The van der Waals surface area contributed by atoms with Crippen LogP contribution in [0.2, 0.25) is 0 Å². The summed E-state index contributed by atoms with van der Waals surface area (Å²) < 4.78 is 11.1. The molecule has 1 heterocycles. The molecular weight excluding hydrogens is 304 g/mol. The van der Waals surface area contributed by atoms with Crippen LogP contribution < -0.4 is 14.8 Å². The van der Waals surface area contributed by atoms with Gasteiger partial charge in [0.25, 0.3) is 0 Å². The van der Waals surface area contributed by atoms with Gasteiger partial charge in [-0.1, -0.05) is 12.1 Å². The Morgan fingerprint density at radius 3 is 2.67 bits per heavy atom. The molecule has 1 amide bonds. The molecule has 0 aliphatic heterocycles. The van der Waals surface area contributed by atoms with Crippen LogP contribution in [-0.2, 0) is 11.3 Å². The van der Waals surface area contributed by atoms with Gasteiger partial charge in [0.1, 0.15) is 0 Å². The van der Waals surface area contributed by atoms with E-state index in [-0.39, 0.29) is 5.91 Å². The maximum absolute atomic E-state index is 11.9. The summed E-state index contributed by atoms with van der Waals surface area (Å²) >= 11 is 0. The highest BCUT2D eigenvalue weighted by molar-refractivity contribution is 5.91. The van der Waals surface area contributed by atoms with Crippen molar-refractivity contribution in [1.82, 2.24) is 10.3 Å². The van der Waals surface area contributed by atoms with Crippen molar-refractivity contribution in [3.63, 3.8) is 0 Å². The Bertz CT molecular complexity index is 684. The van der Waals surface area contributed by atoms with Crippen LogP contribution in [0, 0.1) is 0 Å². The number of nitrogens with one attached hydrogen (secondary N) is 1. The van der Waals surface area contributed by atoms with Gasteiger partial charge in [0.15, 0.2) is 11.5 Å². The van der Waals surface area contributed by atoms with E-state index in [1.165, 1.54) is 6.08 Å². The van der Waals surface area contributed by atoms with Crippen LogP contribution in [0.4, 0.5) is 0 Å². The predicted molar refractivity (Wildman–Crippen MR) is 93.9 cm³/mol. The lowest BCUT2D eigenvalue weighted by molar-refractivity contribution is -0.116. The molecule has 126 valence electrons. The largest absolute Gasteiger partial charge is 0.490 e. The van der Waals surface area contributed by atoms with Gasteiger partial charge in [-0.15, -0.1) is 0 Å². The maximum atomic E-state index is 11.9. The molecule has 0 aliphatic carbocycles. The predicted octanol–water partition coefficient (Wildman–Crippen LogP) is 3.21. The van der Waals surface area contributed by atoms with Crippen molar-refractivity contribution in [1.29, 1.82) is 0 Å². The van der Waals surface area contributed by atoms with E-state index >= 15 is 0 Å². The van der Waals surface area contributed by atoms with E-state index in [9.17, 15) is 4.79 Å². The first-order valence-electron chi connectivity index (χ1n) is 7.97. The number of benzene rings is 1. The van der Waals surface area contributed by atoms with Crippen LogP contribution in [0.25, 0.3) is 6.08 Å². The summed E-state index contributed by atoms with van der Waals surface area (Å²) in [5.74, 6) is 1.22. The van der Waals surface area contributed by atoms with Crippen LogP contribution in [0.5, 0.6) is 11.5 Å². The van der Waals surface area contributed by atoms with Crippen molar-refractivity contribution in [3.8, 4) is 11.5 Å². The van der Waals surface area contributed by atoms with Crippen LogP contribution in [0.15, 0.2) is 48.8 Å². The van der Waals surface area contributed by atoms with Gasteiger partial charge in [0.05, 0.1) is 13.2 Å². The lowest BCUT2D eigenvalue weighted by atomic mass is 10.2. The molecule has 5 heteroatoms. The molecule has 1 aromatic heterocycles. The second-order valence-electron chi connectivity index (χ2n) is 4.98. The van der Waals surface area contributed by atoms with Crippen LogP contribution >= 0.6 is 0 Å². The molecule has 0 saturated carbocycles. The zero-order valence-electron chi connectivity index (χ0n) is 14.0. The minimum absolute atomic E-state index is 0.161. The van der Waals surface area contributed by atoms with E-state index in [0.717, 1.165) is 11.1 Å². The Hall–Kier alpha value is -2.82. The highest BCUT2D eigenvalue weighted by Gasteiger charge is 2.05. The zero-order valence-corrected chi connectivity index (χ0v) is 14.0. The van der Waals surface area contributed by atoms with Crippen molar-refractivity contribution in [2.24, 2.45) is 0 Å². The number of hydrogen-bond donors (Lipinski definition) is 1. The van der Waals surface area contributed by atoms with Gasteiger partial charge >= 0.3 is 0 Å². The Kier molecular flexibility index (Phi) is 6.83. The van der Waals surface area contributed by atoms with E-state index in [1.54, 1.807) is 18.5 Å². The third kappa shape index (κ3) is 5.43. The third-order valence-corrected chi connectivity index (χ3v) is 3.18. The number of pyridine rings is 1. The molecule has 0 radical (unpaired) electrons. The number of ether oxygens (including phenoxy) is 2. The molecule has 0 atom stereocenters. The minimum Gasteiger partial charge on any atom is -0.490 e. The topological polar surface area (TPSA) is 60.5 Å². The molecular formula is C19H22N2O3. The average molecular weight is 326 g/mol. The summed E-state index contributed by atoms with van der Waals surface area (Å²) in [6.07, 6.45) is 6.68. The number of hydrogen-bond acceptors (Lipinski definition) is 4. The normalized spacial score (nSPS) is 10.6. The fourth-order valence-corrected chi connectivity index (χ4v) is 2.09. The number of aromatic nitrogens is 1. The molecule has 1 aromatic carbocycles. The van der Waals surface area contributed by atoms with E-state index in [4.69, 9.17) is 9.47 Å². The lowest BCUT2D eigenvalue weighted by Gasteiger charge is -2.11. The number of carbonyl (C=O) groups is 1. The second-order valence-corrected chi connectivity index (χ2v) is 4.98. The van der Waals surface area contributed by atoms with Gasteiger partial charge in [-0.2, -0.15) is 0 Å². The Morgan fingerprint density at radius 2 is 1.96 bits per heavy atom. The van der Waals surface area contributed by atoms with Crippen molar-refractivity contribution >= 4 is 12.0 Å². The third-order valence-electron chi connectivity index (χ3n) is 3.18. The van der Waals surface area contributed by atoms with Gasteiger partial charge in [0.2, 0.25) is 5.91 Å². The molecule has 24 heavy (non-hydrogen) atoms. The fourth-order valence-electron chi connectivity index (χ4n) is 2.09. The van der Waals surface area contributed by atoms with Crippen LogP contribution in [0.1, 0.15) is 25.0 Å². The van der Waals surface area contributed by atoms with E-state index in [0.29, 0.717) is 31.3 Å². The van der Waals surface area contributed by atoms with E-state index in [1.807, 2.05) is 44.2 Å². The van der Waals surface area contributed by atoms with Gasteiger partial charge < -0.3 is 14.8 Å². The minimum atomic E-state index is -0.161. The average Bonchev–Trinajstić information content (AvgIpc) is 2.61. The molecule has 0 spiro atoms. The highest BCUT2D eigenvalue weighted by atomic mass is 16.5. The van der Waals surface area contributed by atoms with Crippen molar-refractivity contribution in [2.75, 3.05) is 13.2 Å². The number of carbonyl (C=O) groups excluding carboxylic acids is 1. The SMILES string of the molecule is CCOc1ccc(/C=C/C(=O)NCc2cccnc2)cc1OCC. The Labute approximate surface area is 142 Å². The van der Waals surface area contributed by atoms with Crippen molar-refractivity contribution in [3.05, 3.63) is 59.9 Å². The zero-order chi connectivity index (χ0) is 17.2. The molecule has 2 rings (SSSR count). The molecule has 0 bridgehead atoms. The molecule has 5 nitrogen and oxygen atoms in total. The van der Waals surface area contributed by atoms with E-state index < -0.39 is 0 Å². The summed E-state index contributed by atoms with van der Waals surface area (Å²) in [6, 6.07) is 9.35. The summed E-state index contributed by atoms with van der Waals surface area (Å²) in [5, 5.41) is 2.82. The number of rotatable bonds is 8. The summed E-state index contributed by atoms with van der Waals surface area (Å²) in [5.41, 5.74) is 1.83. The smallest absolute Gasteiger partial charge is 0.244 e. The summed E-state index contributed by atoms with van der Waals surface area (Å²) in [6.45, 7) is 5.43. The molecule has 0 saturated heterocycles. The summed E-state index contributed by atoms with van der Waals surface area (Å²) in [4.78, 5) is 15.9. The molecule has 1 N–H and O–H groups in total. The lowest BCUT2D eigenvalue weighted by Crippen LogP contribution is -2.20. The van der Waals surface area contributed by atoms with Crippen LogP contribution in [-0.4, -0.2) is 24.1 Å². The molecule has 2 aromatic rings. The molecule has 0 unspecified atom stereocenters. The van der Waals surface area contributed by atoms with Crippen molar-refractivity contribution in [2.45, 2.75) is 20.4 Å². The first-order valence-corrected chi connectivity index (χ1v) is 7.97. The second kappa shape index (κ2) is 9.35. The summed E-state index contributed by atoms with van der Waals surface area (Å²) in [7, 11) is 0. The number of nitrogens with zero attached hydrogens (tertiary/aromatic N) is 1. The van der Waals surface area contributed by atoms with Gasteiger partial charge in [0, 0.05) is 25.0 Å². The molecule has 0 aliphatic rings. The first kappa shape index (κ1) is 17.5. The quantitative estimate of drug-likeness (QED) is 0.757. The van der Waals surface area contributed by atoms with Crippen molar-refractivity contribution < 1.29 is 14.3 Å². The number of amides is 1. The van der Waals surface area contributed by atoms with Gasteiger partial charge in [-0.05, 0) is 49.2 Å². The first-order chi connectivity index (χ1) is 11.7. The Morgan fingerprint density at radius 1 is 1.17 bits per heavy atom.